The van der Waals surface area contributed by atoms with E-state index >= 15 is 0 Å². The standard InChI is InChI=1S/C14H25NO3/c1-4-14(5-2,6-3)15-12(16)10-7-8-11(9-10)13(17)18/h10-11H,4-9H2,1-3H3,(H,15,16)(H,17,18)/t10-,11+/m1/s1. The van der Waals surface area contributed by atoms with E-state index in [4.69, 9.17) is 5.11 Å². The highest BCUT2D eigenvalue weighted by molar-refractivity contribution is 5.81. The van der Waals surface area contributed by atoms with Gasteiger partial charge in [0.1, 0.15) is 0 Å². The largest absolute Gasteiger partial charge is 0.481 e. The number of aliphatic carboxylic acids is 1. The van der Waals surface area contributed by atoms with Crippen LogP contribution in [-0.4, -0.2) is 22.5 Å². The van der Waals surface area contributed by atoms with Gasteiger partial charge < -0.3 is 10.4 Å². The van der Waals surface area contributed by atoms with Crippen LogP contribution < -0.4 is 5.32 Å². The van der Waals surface area contributed by atoms with Gasteiger partial charge in [0.25, 0.3) is 0 Å². The molecule has 1 aliphatic rings. The van der Waals surface area contributed by atoms with Gasteiger partial charge in [0.05, 0.1) is 5.92 Å². The van der Waals surface area contributed by atoms with Crippen LogP contribution in [0.3, 0.4) is 0 Å². The van der Waals surface area contributed by atoms with Crippen LogP contribution in [0.4, 0.5) is 0 Å². The zero-order valence-electron chi connectivity index (χ0n) is 11.7. The number of carboxylic acid groups (broad SMARTS) is 1. The van der Waals surface area contributed by atoms with Crippen LogP contribution in [0.1, 0.15) is 59.3 Å². The van der Waals surface area contributed by atoms with E-state index in [1.54, 1.807) is 0 Å². The van der Waals surface area contributed by atoms with Gasteiger partial charge in [-0.3, -0.25) is 9.59 Å². The fraction of sp³-hybridized carbons (Fsp3) is 0.857. The first kappa shape index (κ1) is 15.0. The minimum atomic E-state index is -0.766. The Hall–Kier alpha value is -1.06. The molecule has 0 saturated heterocycles. The minimum absolute atomic E-state index is 0.0456. The summed E-state index contributed by atoms with van der Waals surface area (Å²) in [7, 11) is 0. The Kier molecular flexibility index (Phi) is 5.17. The van der Waals surface area contributed by atoms with E-state index < -0.39 is 5.97 Å². The summed E-state index contributed by atoms with van der Waals surface area (Å²) in [4.78, 5) is 23.1. The third-order valence-electron chi connectivity index (χ3n) is 4.57. The smallest absolute Gasteiger partial charge is 0.306 e. The Morgan fingerprint density at radius 2 is 1.61 bits per heavy atom. The van der Waals surface area contributed by atoms with E-state index in [9.17, 15) is 9.59 Å². The van der Waals surface area contributed by atoms with Crippen molar-refractivity contribution >= 4 is 11.9 Å². The predicted octanol–water partition coefficient (Wildman–Crippen LogP) is 2.57. The second kappa shape index (κ2) is 6.21. The SMILES string of the molecule is CCC(CC)(CC)NC(=O)[C@@H]1CC[C@H](C(=O)O)C1. The summed E-state index contributed by atoms with van der Waals surface area (Å²) in [6.45, 7) is 6.26. The lowest BCUT2D eigenvalue weighted by Crippen LogP contribution is -2.49. The van der Waals surface area contributed by atoms with Crippen LogP contribution in [-0.2, 0) is 9.59 Å². The van der Waals surface area contributed by atoms with Crippen LogP contribution in [0.5, 0.6) is 0 Å². The molecule has 0 aromatic heterocycles. The first-order valence-corrected chi connectivity index (χ1v) is 7.02. The van der Waals surface area contributed by atoms with E-state index in [2.05, 4.69) is 26.1 Å². The van der Waals surface area contributed by atoms with Crippen molar-refractivity contribution in [2.75, 3.05) is 0 Å². The second-order valence-electron chi connectivity index (χ2n) is 5.38. The lowest BCUT2D eigenvalue weighted by Gasteiger charge is -2.33. The van der Waals surface area contributed by atoms with Gasteiger partial charge in [0.15, 0.2) is 0 Å². The lowest BCUT2D eigenvalue weighted by molar-refractivity contribution is -0.141. The summed E-state index contributed by atoms with van der Waals surface area (Å²) in [6.07, 6.45) is 4.58. The lowest BCUT2D eigenvalue weighted by atomic mass is 9.88. The average molecular weight is 255 g/mol. The van der Waals surface area contributed by atoms with E-state index in [0.29, 0.717) is 19.3 Å². The van der Waals surface area contributed by atoms with Crippen molar-refractivity contribution in [3.8, 4) is 0 Å². The number of hydrogen-bond acceptors (Lipinski definition) is 2. The Morgan fingerprint density at radius 1 is 1.11 bits per heavy atom. The van der Waals surface area contributed by atoms with Gasteiger partial charge in [-0.1, -0.05) is 20.8 Å². The minimum Gasteiger partial charge on any atom is -0.481 e. The highest BCUT2D eigenvalue weighted by Gasteiger charge is 2.36. The molecule has 4 heteroatoms. The molecule has 18 heavy (non-hydrogen) atoms. The summed E-state index contributed by atoms with van der Waals surface area (Å²) in [5.41, 5.74) is -0.113. The Balaban J connectivity index is 2.58. The van der Waals surface area contributed by atoms with Crippen LogP contribution >= 0.6 is 0 Å². The van der Waals surface area contributed by atoms with Crippen molar-refractivity contribution in [1.82, 2.24) is 5.32 Å². The second-order valence-corrected chi connectivity index (χ2v) is 5.38. The zero-order chi connectivity index (χ0) is 13.8. The molecule has 1 fully saturated rings. The van der Waals surface area contributed by atoms with Crippen molar-refractivity contribution in [1.29, 1.82) is 0 Å². The van der Waals surface area contributed by atoms with Crippen molar-refractivity contribution in [3.63, 3.8) is 0 Å². The summed E-state index contributed by atoms with van der Waals surface area (Å²) in [6, 6.07) is 0. The summed E-state index contributed by atoms with van der Waals surface area (Å²) < 4.78 is 0. The number of carboxylic acids is 1. The van der Waals surface area contributed by atoms with Gasteiger partial charge in [0, 0.05) is 11.5 Å². The van der Waals surface area contributed by atoms with E-state index in [1.807, 2.05) is 0 Å². The quantitative estimate of drug-likeness (QED) is 0.766. The third-order valence-corrected chi connectivity index (χ3v) is 4.57. The van der Waals surface area contributed by atoms with Crippen molar-refractivity contribution in [2.45, 2.75) is 64.8 Å². The molecule has 2 atom stereocenters. The van der Waals surface area contributed by atoms with Crippen LogP contribution in [0.25, 0.3) is 0 Å². The molecule has 1 saturated carbocycles. The molecule has 0 unspecified atom stereocenters. The van der Waals surface area contributed by atoms with Gasteiger partial charge in [-0.2, -0.15) is 0 Å². The predicted molar refractivity (Wildman–Crippen MR) is 70.2 cm³/mol. The van der Waals surface area contributed by atoms with Gasteiger partial charge in [-0.15, -0.1) is 0 Å². The van der Waals surface area contributed by atoms with Gasteiger partial charge in [-0.25, -0.2) is 0 Å². The molecule has 1 amide bonds. The van der Waals surface area contributed by atoms with Crippen molar-refractivity contribution in [2.24, 2.45) is 11.8 Å². The molecule has 1 aliphatic carbocycles. The fourth-order valence-electron chi connectivity index (χ4n) is 2.82. The molecule has 0 aromatic rings. The molecule has 0 aliphatic heterocycles. The highest BCUT2D eigenvalue weighted by Crippen LogP contribution is 2.32. The summed E-state index contributed by atoms with van der Waals surface area (Å²) >= 11 is 0. The topological polar surface area (TPSA) is 66.4 Å². The number of hydrogen-bond donors (Lipinski definition) is 2. The van der Waals surface area contributed by atoms with Crippen LogP contribution in [0.2, 0.25) is 0 Å². The first-order valence-electron chi connectivity index (χ1n) is 7.02. The van der Waals surface area contributed by atoms with Crippen molar-refractivity contribution in [3.05, 3.63) is 0 Å². The number of carbonyl (C=O) groups excluding carboxylic acids is 1. The molecule has 0 radical (unpaired) electrons. The Bertz CT molecular complexity index is 302. The van der Waals surface area contributed by atoms with E-state index in [0.717, 1.165) is 19.3 Å². The maximum Gasteiger partial charge on any atom is 0.306 e. The van der Waals surface area contributed by atoms with E-state index in [1.165, 1.54) is 0 Å². The van der Waals surface area contributed by atoms with Crippen LogP contribution in [0.15, 0.2) is 0 Å². The normalized spacial score (nSPS) is 23.9. The summed E-state index contributed by atoms with van der Waals surface area (Å²) in [5, 5.41) is 12.1. The molecule has 0 bridgehead atoms. The van der Waals surface area contributed by atoms with Crippen LogP contribution in [0, 0.1) is 11.8 Å². The number of amides is 1. The fourth-order valence-corrected chi connectivity index (χ4v) is 2.82. The van der Waals surface area contributed by atoms with Gasteiger partial charge in [-0.05, 0) is 38.5 Å². The van der Waals surface area contributed by atoms with Gasteiger partial charge in [0.2, 0.25) is 5.91 Å². The molecule has 4 nitrogen and oxygen atoms in total. The average Bonchev–Trinajstić information content (AvgIpc) is 2.86. The van der Waals surface area contributed by atoms with E-state index in [-0.39, 0.29) is 23.3 Å². The molecule has 1 rings (SSSR count). The monoisotopic (exact) mass is 255 g/mol. The third kappa shape index (κ3) is 3.24. The maximum atomic E-state index is 12.2. The molecular weight excluding hydrogens is 230 g/mol. The molecule has 2 N–H and O–H groups in total. The van der Waals surface area contributed by atoms with Gasteiger partial charge >= 0.3 is 5.97 Å². The summed E-state index contributed by atoms with van der Waals surface area (Å²) in [5.74, 6) is -1.17. The first-order chi connectivity index (χ1) is 8.48. The maximum absolute atomic E-state index is 12.2. The highest BCUT2D eigenvalue weighted by atomic mass is 16.4. The molecular formula is C14H25NO3. The molecule has 0 heterocycles. The number of nitrogens with one attached hydrogen (secondary N) is 1. The Morgan fingerprint density at radius 3 is 2.00 bits per heavy atom. The number of rotatable bonds is 6. The number of carbonyl (C=O) groups is 2. The Labute approximate surface area is 109 Å². The zero-order valence-corrected chi connectivity index (χ0v) is 11.7. The molecule has 0 aromatic carbocycles. The molecule has 0 spiro atoms. The molecule has 104 valence electrons. The van der Waals surface area contributed by atoms with Crippen molar-refractivity contribution < 1.29 is 14.7 Å².